The third kappa shape index (κ3) is 4.88. The van der Waals surface area contributed by atoms with Crippen molar-refractivity contribution in [1.29, 1.82) is 0 Å². The molecular formula is C27H40F2. The van der Waals surface area contributed by atoms with Gasteiger partial charge in [-0.1, -0.05) is 32.6 Å². The van der Waals surface area contributed by atoms with Crippen molar-refractivity contribution in [2.45, 2.75) is 103 Å². The first-order chi connectivity index (χ1) is 14.0. The fourth-order valence-electron chi connectivity index (χ4n) is 7.03. The molecule has 0 aromatic heterocycles. The number of hydrogen-bond donors (Lipinski definition) is 0. The van der Waals surface area contributed by atoms with Crippen LogP contribution < -0.4 is 0 Å². The molecule has 3 fully saturated rings. The predicted octanol–water partition coefficient (Wildman–Crippen LogP) is 8.57. The predicted molar refractivity (Wildman–Crippen MR) is 117 cm³/mol. The van der Waals surface area contributed by atoms with Gasteiger partial charge < -0.3 is 0 Å². The summed E-state index contributed by atoms with van der Waals surface area (Å²) in [5, 5.41) is 0. The number of rotatable bonds is 5. The summed E-state index contributed by atoms with van der Waals surface area (Å²) < 4.78 is 28.0. The molecule has 0 saturated heterocycles. The summed E-state index contributed by atoms with van der Waals surface area (Å²) in [6.45, 7) is 3.84. The maximum absolute atomic E-state index is 14.0. The lowest BCUT2D eigenvalue weighted by molar-refractivity contribution is 0.0614. The molecule has 0 N–H and O–H groups in total. The van der Waals surface area contributed by atoms with E-state index in [9.17, 15) is 8.78 Å². The Morgan fingerprint density at radius 3 is 1.97 bits per heavy atom. The quantitative estimate of drug-likeness (QED) is 0.462. The molecule has 2 heteroatoms. The van der Waals surface area contributed by atoms with Gasteiger partial charge in [-0.2, -0.15) is 0 Å². The molecule has 0 radical (unpaired) electrons. The Labute approximate surface area is 176 Å². The van der Waals surface area contributed by atoms with Gasteiger partial charge >= 0.3 is 0 Å². The summed E-state index contributed by atoms with van der Waals surface area (Å²) >= 11 is 0. The molecule has 29 heavy (non-hydrogen) atoms. The van der Waals surface area contributed by atoms with Crippen LogP contribution in [0.1, 0.15) is 107 Å². The third-order valence-electron chi connectivity index (χ3n) is 8.94. The highest BCUT2D eigenvalue weighted by Gasteiger charge is 2.38. The normalized spacial score (nSPS) is 35.3. The van der Waals surface area contributed by atoms with Crippen molar-refractivity contribution in [3.63, 3.8) is 0 Å². The van der Waals surface area contributed by atoms with Gasteiger partial charge in [-0.15, -0.1) is 0 Å². The van der Waals surface area contributed by atoms with E-state index in [1.165, 1.54) is 77.6 Å². The lowest BCUT2D eigenvalue weighted by atomic mass is 9.60. The zero-order valence-corrected chi connectivity index (χ0v) is 18.6. The fourth-order valence-corrected chi connectivity index (χ4v) is 7.03. The minimum Gasteiger partial charge on any atom is -0.207 e. The summed E-state index contributed by atoms with van der Waals surface area (Å²) in [7, 11) is 0. The second kappa shape index (κ2) is 9.48. The second-order valence-corrected chi connectivity index (χ2v) is 10.6. The molecule has 4 unspecified atom stereocenters. The number of benzene rings is 1. The van der Waals surface area contributed by atoms with Crippen LogP contribution in [0.15, 0.2) is 12.1 Å². The third-order valence-corrected chi connectivity index (χ3v) is 8.94. The Hall–Kier alpha value is -0.920. The van der Waals surface area contributed by atoms with Crippen molar-refractivity contribution in [3.05, 3.63) is 34.9 Å². The van der Waals surface area contributed by atoms with Crippen LogP contribution in [0.25, 0.3) is 0 Å². The molecule has 0 bridgehead atoms. The Balaban J connectivity index is 1.28. The Morgan fingerprint density at radius 1 is 0.759 bits per heavy atom. The van der Waals surface area contributed by atoms with Gasteiger partial charge in [0, 0.05) is 5.56 Å². The van der Waals surface area contributed by atoms with E-state index in [2.05, 4.69) is 6.92 Å². The highest BCUT2D eigenvalue weighted by Crippen LogP contribution is 2.50. The maximum atomic E-state index is 14.0. The van der Waals surface area contributed by atoms with Crippen LogP contribution in [-0.2, 0) is 0 Å². The highest BCUT2D eigenvalue weighted by molar-refractivity contribution is 5.28. The second-order valence-electron chi connectivity index (χ2n) is 10.6. The van der Waals surface area contributed by atoms with Crippen molar-refractivity contribution in [2.75, 3.05) is 0 Å². The number of halogens is 2. The van der Waals surface area contributed by atoms with Gasteiger partial charge in [-0.3, -0.25) is 0 Å². The molecule has 4 atom stereocenters. The van der Waals surface area contributed by atoms with E-state index in [-0.39, 0.29) is 17.2 Å². The van der Waals surface area contributed by atoms with Crippen LogP contribution in [0.3, 0.4) is 0 Å². The van der Waals surface area contributed by atoms with Crippen molar-refractivity contribution >= 4 is 0 Å². The van der Waals surface area contributed by atoms with E-state index in [1.807, 2.05) is 0 Å². The number of fused-ring (bicyclic) bond motifs is 1. The van der Waals surface area contributed by atoms with E-state index < -0.39 is 0 Å². The van der Waals surface area contributed by atoms with Crippen molar-refractivity contribution in [1.82, 2.24) is 0 Å². The summed E-state index contributed by atoms with van der Waals surface area (Å²) in [5.41, 5.74) is 1.04. The smallest absolute Gasteiger partial charge is 0.129 e. The largest absolute Gasteiger partial charge is 0.207 e. The number of unbranched alkanes of at least 4 members (excludes halogenated alkanes) is 1. The summed E-state index contributed by atoms with van der Waals surface area (Å²) in [6, 6.07) is 3.18. The molecule has 0 nitrogen and oxygen atoms in total. The van der Waals surface area contributed by atoms with Crippen LogP contribution >= 0.6 is 0 Å². The van der Waals surface area contributed by atoms with E-state index >= 15 is 0 Å². The van der Waals surface area contributed by atoms with Gasteiger partial charge in [-0.25, -0.2) is 8.78 Å². The van der Waals surface area contributed by atoms with E-state index in [1.54, 1.807) is 12.1 Å². The summed E-state index contributed by atoms with van der Waals surface area (Å²) in [5.74, 6) is 4.37. The van der Waals surface area contributed by atoms with Crippen LogP contribution in [0.4, 0.5) is 8.78 Å². The van der Waals surface area contributed by atoms with Gasteiger partial charge in [0.05, 0.1) is 0 Å². The van der Waals surface area contributed by atoms with Gasteiger partial charge in [0.25, 0.3) is 0 Å². The lowest BCUT2D eigenvalue weighted by Gasteiger charge is -2.45. The van der Waals surface area contributed by atoms with Crippen LogP contribution in [0.5, 0.6) is 0 Å². The molecular weight excluding hydrogens is 362 g/mol. The average molecular weight is 403 g/mol. The summed E-state index contributed by atoms with van der Waals surface area (Å²) in [4.78, 5) is 0. The standard InChI is InChI=1S/C27H40F2/c1-3-4-5-19-6-7-24-15-23(13-12-22(24)14-19)20-8-10-21(11-9-20)25-16-26(28)18(2)27(29)17-25/h16-17,19-24H,3-15H2,1-2H3. The number of hydrogen-bond acceptors (Lipinski definition) is 0. The van der Waals surface area contributed by atoms with Gasteiger partial charge in [0.15, 0.2) is 0 Å². The first-order valence-corrected chi connectivity index (χ1v) is 12.5. The zero-order chi connectivity index (χ0) is 20.4. The fraction of sp³-hybridized carbons (Fsp3) is 0.778. The molecule has 0 amide bonds. The Morgan fingerprint density at radius 2 is 1.31 bits per heavy atom. The van der Waals surface area contributed by atoms with Crippen molar-refractivity contribution in [2.24, 2.45) is 29.6 Å². The Kier molecular flexibility index (Phi) is 6.97. The lowest BCUT2D eigenvalue weighted by Crippen LogP contribution is -2.34. The molecule has 0 heterocycles. The molecule has 4 rings (SSSR count). The van der Waals surface area contributed by atoms with Gasteiger partial charge in [-0.05, 0) is 118 Å². The van der Waals surface area contributed by atoms with Crippen molar-refractivity contribution in [3.8, 4) is 0 Å². The van der Waals surface area contributed by atoms with E-state index in [0.29, 0.717) is 5.92 Å². The minimum absolute atomic E-state index is 0.156. The van der Waals surface area contributed by atoms with Crippen LogP contribution in [0, 0.1) is 48.1 Å². The first-order valence-electron chi connectivity index (χ1n) is 12.5. The minimum atomic E-state index is -0.380. The highest BCUT2D eigenvalue weighted by atomic mass is 19.1. The summed E-state index contributed by atoms with van der Waals surface area (Å²) in [6.07, 6.45) is 17.8. The zero-order valence-electron chi connectivity index (χ0n) is 18.6. The maximum Gasteiger partial charge on any atom is 0.129 e. The molecule has 162 valence electrons. The average Bonchev–Trinajstić information content (AvgIpc) is 2.75. The molecule has 3 saturated carbocycles. The Bertz CT molecular complexity index is 650. The van der Waals surface area contributed by atoms with Gasteiger partial charge in [0.1, 0.15) is 11.6 Å². The van der Waals surface area contributed by atoms with Crippen molar-refractivity contribution < 1.29 is 8.78 Å². The van der Waals surface area contributed by atoms with Crippen LogP contribution in [-0.4, -0.2) is 0 Å². The van der Waals surface area contributed by atoms with Crippen LogP contribution in [0.2, 0.25) is 0 Å². The monoisotopic (exact) mass is 402 g/mol. The van der Waals surface area contributed by atoms with E-state index in [4.69, 9.17) is 0 Å². The SMILES string of the molecule is CCCCC1CCC2CC(C3CCC(c4cc(F)c(C)c(F)c4)CC3)CCC2C1. The molecule has 0 aliphatic heterocycles. The molecule has 1 aromatic rings. The molecule has 3 aliphatic carbocycles. The molecule has 1 aromatic carbocycles. The van der Waals surface area contributed by atoms with Gasteiger partial charge in [0.2, 0.25) is 0 Å². The molecule has 0 spiro atoms. The first kappa shape index (κ1) is 21.3. The topological polar surface area (TPSA) is 0 Å². The van der Waals surface area contributed by atoms with E-state index in [0.717, 1.165) is 48.0 Å². The molecule has 3 aliphatic rings.